The number of aromatic nitrogens is 2. The minimum absolute atomic E-state index is 0.0870. The molecule has 1 aromatic carbocycles. The minimum Gasteiger partial charge on any atom is -0.378 e. The quantitative estimate of drug-likeness (QED) is 0.534. The van der Waals surface area contributed by atoms with Crippen molar-refractivity contribution in [2.45, 2.75) is 18.9 Å². The SMILES string of the molecule is O=[N+]([O-])c1ccc(N2CCC[C@@H](Nc3cc(N4CCOCC4)ncn3)C2)c(Br)c1. The number of rotatable bonds is 5. The molecule has 10 heteroatoms. The second-order valence-corrected chi connectivity index (χ2v) is 8.04. The summed E-state index contributed by atoms with van der Waals surface area (Å²) in [5.41, 5.74) is 1.06. The van der Waals surface area contributed by atoms with Gasteiger partial charge in [0.15, 0.2) is 0 Å². The molecule has 1 N–H and O–H groups in total. The maximum atomic E-state index is 11.0. The molecular formula is C19H23BrN6O3. The average molecular weight is 463 g/mol. The molecular weight excluding hydrogens is 440 g/mol. The molecule has 1 aromatic heterocycles. The zero-order valence-electron chi connectivity index (χ0n) is 16.0. The highest BCUT2D eigenvalue weighted by Gasteiger charge is 2.23. The van der Waals surface area contributed by atoms with Gasteiger partial charge in [0.05, 0.1) is 23.8 Å². The Balaban J connectivity index is 1.43. The molecule has 29 heavy (non-hydrogen) atoms. The number of nitrogens with zero attached hydrogens (tertiary/aromatic N) is 5. The zero-order chi connectivity index (χ0) is 20.2. The van der Waals surface area contributed by atoms with Crippen molar-refractivity contribution in [2.24, 2.45) is 0 Å². The van der Waals surface area contributed by atoms with E-state index in [0.717, 1.165) is 60.8 Å². The van der Waals surface area contributed by atoms with Gasteiger partial charge >= 0.3 is 0 Å². The van der Waals surface area contributed by atoms with Crippen LogP contribution in [0, 0.1) is 10.1 Å². The van der Waals surface area contributed by atoms with Gasteiger partial charge in [-0.2, -0.15) is 0 Å². The Hall–Kier alpha value is -2.46. The zero-order valence-corrected chi connectivity index (χ0v) is 17.5. The number of nitro groups is 1. The fraction of sp³-hybridized carbons (Fsp3) is 0.474. The summed E-state index contributed by atoms with van der Waals surface area (Å²) in [4.78, 5) is 23.8. The lowest BCUT2D eigenvalue weighted by Gasteiger charge is -2.35. The van der Waals surface area contributed by atoms with Gasteiger partial charge in [0.2, 0.25) is 0 Å². The van der Waals surface area contributed by atoms with Crippen LogP contribution in [0.15, 0.2) is 35.1 Å². The number of nitro benzene ring substituents is 1. The standard InChI is InChI=1S/C19H23BrN6O3/c20-16-10-15(26(27)28)3-4-17(16)25-5-1-2-14(12-25)23-18-11-19(22-13-21-18)24-6-8-29-9-7-24/h3-4,10-11,13-14H,1-2,5-9,12H2,(H,21,22,23)/t14-/m1/s1. The largest absolute Gasteiger partial charge is 0.378 e. The van der Waals surface area contributed by atoms with E-state index in [1.54, 1.807) is 18.5 Å². The van der Waals surface area contributed by atoms with Gasteiger partial charge in [-0.3, -0.25) is 10.1 Å². The number of benzene rings is 1. The average Bonchev–Trinajstić information content (AvgIpc) is 2.74. The van der Waals surface area contributed by atoms with E-state index in [4.69, 9.17) is 4.74 Å². The fourth-order valence-corrected chi connectivity index (χ4v) is 4.40. The highest BCUT2D eigenvalue weighted by atomic mass is 79.9. The van der Waals surface area contributed by atoms with Gasteiger partial charge in [-0.05, 0) is 34.8 Å². The predicted molar refractivity (Wildman–Crippen MR) is 115 cm³/mol. The fourth-order valence-electron chi connectivity index (χ4n) is 3.78. The number of hydrogen-bond donors (Lipinski definition) is 1. The molecule has 0 spiro atoms. The van der Waals surface area contributed by atoms with E-state index in [1.807, 2.05) is 12.1 Å². The number of morpholine rings is 1. The molecule has 0 saturated carbocycles. The molecule has 9 nitrogen and oxygen atoms in total. The number of hydrogen-bond acceptors (Lipinski definition) is 8. The summed E-state index contributed by atoms with van der Waals surface area (Å²) < 4.78 is 6.15. The molecule has 4 rings (SSSR count). The lowest BCUT2D eigenvalue weighted by molar-refractivity contribution is -0.384. The van der Waals surface area contributed by atoms with Crippen LogP contribution < -0.4 is 15.1 Å². The molecule has 0 aliphatic carbocycles. The Morgan fingerprint density at radius 2 is 2.00 bits per heavy atom. The molecule has 0 radical (unpaired) electrons. The molecule has 0 amide bonds. The van der Waals surface area contributed by atoms with E-state index >= 15 is 0 Å². The molecule has 2 aliphatic heterocycles. The molecule has 0 unspecified atom stereocenters. The molecule has 2 saturated heterocycles. The third kappa shape index (κ3) is 4.76. The Morgan fingerprint density at radius 3 is 2.76 bits per heavy atom. The molecule has 2 aromatic rings. The molecule has 1 atom stereocenters. The first kappa shape index (κ1) is 19.8. The van der Waals surface area contributed by atoms with Crippen LogP contribution in [0.4, 0.5) is 23.0 Å². The Bertz CT molecular complexity index is 877. The first-order valence-electron chi connectivity index (χ1n) is 9.70. The van der Waals surface area contributed by atoms with Crippen LogP contribution in [0.25, 0.3) is 0 Å². The lowest BCUT2D eigenvalue weighted by atomic mass is 10.0. The summed E-state index contributed by atoms with van der Waals surface area (Å²) in [6.07, 6.45) is 3.67. The minimum atomic E-state index is -0.379. The van der Waals surface area contributed by atoms with Crippen LogP contribution in [-0.4, -0.2) is 60.3 Å². The highest BCUT2D eigenvalue weighted by Crippen LogP contribution is 2.32. The lowest BCUT2D eigenvalue weighted by Crippen LogP contribution is -2.42. The van der Waals surface area contributed by atoms with E-state index in [-0.39, 0.29) is 16.7 Å². The molecule has 2 fully saturated rings. The highest BCUT2D eigenvalue weighted by molar-refractivity contribution is 9.10. The summed E-state index contributed by atoms with van der Waals surface area (Å²) in [7, 11) is 0. The van der Waals surface area contributed by atoms with E-state index in [0.29, 0.717) is 13.2 Å². The first-order valence-corrected chi connectivity index (χ1v) is 10.5. The summed E-state index contributed by atoms with van der Waals surface area (Å²) in [5.74, 6) is 1.73. The predicted octanol–water partition coefficient (Wildman–Crippen LogP) is 3.06. The smallest absolute Gasteiger partial charge is 0.270 e. The Morgan fingerprint density at radius 1 is 1.17 bits per heavy atom. The van der Waals surface area contributed by atoms with E-state index < -0.39 is 0 Å². The normalized spacial score (nSPS) is 19.8. The molecule has 154 valence electrons. The molecule has 2 aliphatic rings. The van der Waals surface area contributed by atoms with Gasteiger partial charge in [0, 0.05) is 54.9 Å². The molecule has 0 bridgehead atoms. The Kier molecular flexibility index (Phi) is 6.10. The van der Waals surface area contributed by atoms with Crippen molar-refractivity contribution < 1.29 is 9.66 Å². The van der Waals surface area contributed by atoms with Crippen LogP contribution in [0.1, 0.15) is 12.8 Å². The second kappa shape index (κ2) is 8.91. The van der Waals surface area contributed by atoms with Crippen LogP contribution in [0.2, 0.25) is 0 Å². The summed E-state index contributed by atoms with van der Waals surface area (Å²) in [6, 6.07) is 7.15. The number of piperidine rings is 1. The van der Waals surface area contributed by atoms with Crippen molar-refractivity contribution in [2.75, 3.05) is 54.5 Å². The van der Waals surface area contributed by atoms with Crippen LogP contribution in [0.3, 0.4) is 0 Å². The van der Waals surface area contributed by atoms with Gasteiger partial charge in [-0.25, -0.2) is 9.97 Å². The van der Waals surface area contributed by atoms with Gasteiger partial charge in [-0.15, -0.1) is 0 Å². The topological polar surface area (TPSA) is 96.7 Å². The maximum absolute atomic E-state index is 11.0. The number of halogens is 1. The van der Waals surface area contributed by atoms with Crippen LogP contribution in [0.5, 0.6) is 0 Å². The van der Waals surface area contributed by atoms with Gasteiger partial charge in [-0.1, -0.05) is 0 Å². The summed E-state index contributed by atoms with van der Waals surface area (Å²) in [6.45, 7) is 4.82. The van der Waals surface area contributed by atoms with E-state index in [1.165, 1.54) is 0 Å². The second-order valence-electron chi connectivity index (χ2n) is 7.18. The number of anilines is 3. The van der Waals surface area contributed by atoms with E-state index in [2.05, 4.69) is 41.0 Å². The number of non-ortho nitro benzene ring substituents is 1. The van der Waals surface area contributed by atoms with Gasteiger partial charge in [0.25, 0.3) is 5.69 Å². The van der Waals surface area contributed by atoms with Crippen molar-refractivity contribution in [1.82, 2.24) is 9.97 Å². The van der Waals surface area contributed by atoms with Crippen molar-refractivity contribution in [1.29, 1.82) is 0 Å². The monoisotopic (exact) mass is 462 g/mol. The molecule has 3 heterocycles. The third-order valence-electron chi connectivity index (χ3n) is 5.24. The number of nitrogens with one attached hydrogen (secondary N) is 1. The van der Waals surface area contributed by atoms with E-state index in [9.17, 15) is 10.1 Å². The van der Waals surface area contributed by atoms with Crippen LogP contribution in [-0.2, 0) is 4.74 Å². The first-order chi connectivity index (χ1) is 14.1. The number of ether oxygens (including phenoxy) is 1. The maximum Gasteiger partial charge on any atom is 0.270 e. The third-order valence-corrected chi connectivity index (χ3v) is 5.88. The van der Waals surface area contributed by atoms with Crippen molar-refractivity contribution in [3.05, 3.63) is 45.2 Å². The van der Waals surface area contributed by atoms with Crippen LogP contribution >= 0.6 is 15.9 Å². The van der Waals surface area contributed by atoms with Gasteiger partial charge in [0.1, 0.15) is 18.0 Å². The van der Waals surface area contributed by atoms with Crippen molar-refractivity contribution >= 4 is 38.9 Å². The van der Waals surface area contributed by atoms with Crippen molar-refractivity contribution in [3.8, 4) is 0 Å². The van der Waals surface area contributed by atoms with Gasteiger partial charge < -0.3 is 19.9 Å². The summed E-state index contributed by atoms with van der Waals surface area (Å²) in [5, 5.41) is 14.5. The van der Waals surface area contributed by atoms with Crippen molar-refractivity contribution in [3.63, 3.8) is 0 Å². The summed E-state index contributed by atoms with van der Waals surface area (Å²) >= 11 is 3.49. The Labute approximate surface area is 177 Å².